The molecule has 0 aliphatic carbocycles. The molecular weight excluding hydrogens is 488 g/mol. The molecule has 0 spiro atoms. The Bertz CT molecular complexity index is 1540. The molecule has 0 saturated carbocycles. The van der Waals surface area contributed by atoms with E-state index < -0.39 is 0 Å². The second-order valence-corrected chi connectivity index (χ2v) is 9.83. The number of carbonyl (C=O) groups is 2. The van der Waals surface area contributed by atoms with E-state index in [0.29, 0.717) is 22.8 Å². The van der Waals surface area contributed by atoms with Crippen molar-refractivity contribution in [3.8, 4) is 11.1 Å². The molecule has 196 valence electrons. The molecule has 39 heavy (non-hydrogen) atoms. The first-order valence-corrected chi connectivity index (χ1v) is 12.7. The molecule has 1 aliphatic rings. The number of nitrogens with one attached hydrogen (secondary N) is 3. The van der Waals surface area contributed by atoms with Gasteiger partial charge in [0.05, 0.1) is 11.3 Å². The van der Waals surface area contributed by atoms with Crippen molar-refractivity contribution in [1.82, 2.24) is 14.9 Å². The van der Waals surface area contributed by atoms with Crippen LogP contribution in [-0.4, -0.2) is 46.8 Å². The van der Waals surface area contributed by atoms with Gasteiger partial charge in [-0.2, -0.15) is 0 Å². The van der Waals surface area contributed by atoms with E-state index in [1.165, 1.54) is 4.90 Å². The summed E-state index contributed by atoms with van der Waals surface area (Å²) in [5, 5.41) is 9.65. The summed E-state index contributed by atoms with van der Waals surface area (Å²) in [7, 11) is 3.44. The van der Waals surface area contributed by atoms with Crippen molar-refractivity contribution in [3.05, 3.63) is 102 Å². The van der Waals surface area contributed by atoms with E-state index in [2.05, 4.69) is 25.9 Å². The maximum Gasteiger partial charge on any atom is 0.258 e. The lowest BCUT2D eigenvalue weighted by molar-refractivity contribution is -0.110. The van der Waals surface area contributed by atoms with Crippen molar-refractivity contribution in [3.63, 3.8) is 0 Å². The first kappa shape index (κ1) is 25.7. The number of benzene rings is 3. The minimum Gasteiger partial charge on any atom is -0.354 e. The highest BCUT2D eigenvalue weighted by molar-refractivity contribution is 6.37. The molecule has 1 aromatic heterocycles. The number of aromatic nitrogens is 2. The highest BCUT2D eigenvalue weighted by Crippen LogP contribution is 2.39. The van der Waals surface area contributed by atoms with Gasteiger partial charge in [0.15, 0.2) is 0 Å². The Hall–Kier alpha value is -4.98. The van der Waals surface area contributed by atoms with E-state index in [-0.39, 0.29) is 17.9 Å². The molecule has 0 radical (unpaired) electrons. The molecule has 2 heterocycles. The molecule has 3 aromatic carbocycles. The quantitative estimate of drug-likeness (QED) is 0.276. The van der Waals surface area contributed by atoms with Gasteiger partial charge in [-0.3, -0.25) is 9.59 Å². The van der Waals surface area contributed by atoms with Crippen LogP contribution >= 0.6 is 0 Å². The molecule has 5 rings (SSSR count). The molecule has 2 amide bonds. The lowest BCUT2D eigenvalue weighted by atomic mass is 9.98. The molecule has 8 nitrogen and oxygen atoms in total. The number of carbonyl (C=O) groups excluding carboxylic acids is 2. The first-order valence-electron chi connectivity index (χ1n) is 12.7. The molecule has 0 bridgehead atoms. The SMILES string of the molecule is CC(C)Nc1ncc(-c2ccc3c(c2)NC(=O)/C3=C(\Nc2ccc(C(=O)N(C)C)cc2)c2ccccc2)cn1. The fourth-order valence-electron chi connectivity index (χ4n) is 4.39. The van der Waals surface area contributed by atoms with Gasteiger partial charge in [-0.1, -0.05) is 42.5 Å². The van der Waals surface area contributed by atoms with Crippen LogP contribution < -0.4 is 16.0 Å². The number of fused-ring (bicyclic) bond motifs is 1. The third-order valence-corrected chi connectivity index (χ3v) is 6.29. The molecule has 8 heteroatoms. The number of amides is 2. The van der Waals surface area contributed by atoms with Crippen LogP contribution in [0.15, 0.2) is 85.2 Å². The highest BCUT2D eigenvalue weighted by Gasteiger charge is 2.29. The van der Waals surface area contributed by atoms with Crippen molar-refractivity contribution in [2.45, 2.75) is 19.9 Å². The number of anilines is 3. The summed E-state index contributed by atoms with van der Waals surface area (Å²) >= 11 is 0. The van der Waals surface area contributed by atoms with Crippen molar-refractivity contribution in [2.24, 2.45) is 0 Å². The van der Waals surface area contributed by atoms with Crippen molar-refractivity contribution < 1.29 is 9.59 Å². The summed E-state index contributed by atoms with van der Waals surface area (Å²) in [5.41, 5.74) is 6.73. The van der Waals surface area contributed by atoms with Crippen molar-refractivity contribution in [2.75, 3.05) is 30.0 Å². The van der Waals surface area contributed by atoms with Crippen LogP contribution in [0.1, 0.15) is 35.3 Å². The topological polar surface area (TPSA) is 99.2 Å². The smallest absolute Gasteiger partial charge is 0.258 e. The molecule has 0 unspecified atom stereocenters. The third-order valence-electron chi connectivity index (χ3n) is 6.29. The normalized spacial score (nSPS) is 13.5. The van der Waals surface area contributed by atoms with E-state index in [0.717, 1.165) is 33.6 Å². The van der Waals surface area contributed by atoms with Crippen LogP contribution in [0.3, 0.4) is 0 Å². The number of hydrogen-bond acceptors (Lipinski definition) is 6. The van der Waals surface area contributed by atoms with Crippen LogP contribution in [0.2, 0.25) is 0 Å². The zero-order valence-corrected chi connectivity index (χ0v) is 22.3. The Morgan fingerprint density at radius 1 is 0.872 bits per heavy atom. The predicted octanol–water partition coefficient (Wildman–Crippen LogP) is 5.60. The van der Waals surface area contributed by atoms with Gasteiger partial charge in [0.2, 0.25) is 5.95 Å². The number of nitrogens with zero attached hydrogens (tertiary/aromatic N) is 3. The lowest BCUT2D eigenvalue weighted by Crippen LogP contribution is -2.21. The van der Waals surface area contributed by atoms with Gasteiger partial charge >= 0.3 is 0 Å². The maximum atomic E-state index is 13.4. The van der Waals surface area contributed by atoms with Crippen LogP contribution in [0.4, 0.5) is 17.3 Å². The van der Waals surface area contributed by atoms with Gasteiger partial charge in [0.25, 0.3) is 11.8 Å². The van der Waals surface area contributed by atoms with E-state index in [1.807, 2.05) is 74.5 Å². The third kappa shape index (κ3) is 5.50. The maximum absolute atomic E-state index is 13.4. The number of hydrogen-bond donors (Lipinski definition) is 3. The molecule has 0 fully saturated rings. The Labute approximate surface area is 227 Å². The molecular formula is C31H30N6O2. The fourth-order valence-corrected chi connectivity index (χ4v) is 4.39. The van der Waals surface area contributed by atoms with Gasteiger partial charge in [-0.05, 0) is 55.3 Å². The largest absolute Gasteiger partial charge is 0.354 e. The molecule has 3 N–H and O–H groups in total. The van der Waals surface area contributed by atoms with Gasteiger partial charge in [-0.25, -0.2) is 9.97 Å². The first-order chi connectivity index (χ1) is 18.8. The zero-order chi connectivity index (χ0) is 27.5. The minimum atomic E-state index is -0.194. The summed E-state index contributed by atoms with van der Waals surface area (Å²) in [5.74, 6) is 0.311. The van der Waals surface area contributed by atoms with Gasteiger partial charge in [0.1, 0.15) is 0 Å². The molecule has 0 atom stereocenters. The fraction of sp³-hybridized carbons (Fsp3) is 0.161. The Balaban J connectivity index is 1.52. The molecule has 0 saturated heterocycles. The summed E-state index contributed by atoms with van der Waals surface area (Å²) in [6.45, 7) is 4.07. The van der Waals surface area contributed by atoms with E-state index in [1.54, 1.807) is 38.6 Å². The average Bonchev–Trinajstić information content (AvgIpc) is 3.26. The van der Waals surface area contributed by atoms with Crippen LogP contribution in [0.5, 0.6) is 0 Å². The summed E-state index contributed by atoms with van der Waals surface area (Å²) in [6, 6.07) is 23.1. The Morgan fingerprint density at radius 3 is 2.21 bits per heavy atom. The van der Waals surface area contributed by atoms with Gasteiger partial charge in [0, 0.05) is 60.6 Å². The highest BCUT2D eigenvalue weighted by atomic mass is 16.2. The van der Waals surface area contributed by atoms with Crippen molar-refractivity contribution >= 4 is 40.4 Å². The summed E-state index contributed by atoms with van der Waals surface area (Å²) in [6.07, 6.45) is 3.54. The molecule has 4 aromatic rings. The van der Waals surface area contributed by atoms with Gasteiger partial charge in [-0.15, -0.1) is 0 Å². The predicted molar refractivity (Wildman–Crippen MR) is 156 cm³/mol. The monoisotopic (exact) mass is 518 g/mol. The van der Waals surface area contributed by atoms with E-state index in [9.17, 15) is 9.59 Å². The average molecular weight is 519 g/mol. The Morgan fingerprint density at radius 2 is 1.56 bits per heavy atom. The van der Waals surface area contributed by atoms with Gasteiger partial charge < -0.3 is 20.9 Å². The summed E-state index contributed by atoms with van der Waals surface area (Å²) < 4.78 is 0. The summed E-state index contributed by atoms with van der Waals surface area (Å²) in [4.78, 5) is 36.0. The van der Waals surface area contributed by atoms with Crippen LogP contribution in [-0.2, 0) is 4.79 Å². The van der Waals surface area contributed by atoms with Crippen LogP contribution in [0, 0.1) is 0 Å². The standard InChI is InChI=1S/C31H30N6O2/c1-19(2)34-31-32-17-23(18-33-31)22-12-15-25-26(16-22)36-29(38)27(25)28(20-8-6-5-7-9-20)35-24-13-10-21(11-14-24)30(39)37(3)4/h5-19,35H,1-4H3,(H,36,38)(H,32,33,34)/b28-27-. The Kier molecular flexibility index (Phi) is 7.10. The van der Waals surface area contributed by atoms with E-state index in [4.69, 9.17) is 0 Å². The van der Waals surface area contributed by atoms with Crippen molar-refractivity contribution in [1.29, 1.82) is 0 Å². The van der Waals surface area contributed by atoms with Crippen LogP contribution in [0.25, 0.3) is 22.4 Å². The zero-order valence-electron chi connectivity index (χ0n) is 22.3. The molecule has 1 aliphatic heterocycles. The second-order valence-electron chi connectivity index (χ2n) is 9.83. The lowest BCUT2D eigenvalue weighted by Gasteiger charge is -2.16. The minimum absolute atomic E-state index is 0.0701. The van der Waals surface area contributed by atoms with E-state index >= 15 is 0 Å². The second kappa shape index (κ2) is 10.8. The number of rotatable bonds is 7.